The molecule has 0 N–H and O–H groups in total. The Balaban J connectivity index is 2.05. The van der Waals surface area contributed by atoms with Gasteiger partial charge in [-0.3, -0.25) is 0 Å². The second-order valence-corrected chi connectivity index (χ2v) is 5.69. The van der Waals surface area contributed by atoms with Crippen molar-refractivity contribution in [1.82, 2.24) is 0 Å². The molecular weight excluding hydrogens is 228 g/mol. The maximum absolute atomic E-state index is 2.40. The molecule has 0 amide bonds. The van der Waals surface area contributed by atoms with Gasteiger partial charge < -0.3 is 0 Å². The van der Waals surface area contributed by atoms with E-state index in [1.807, 2.05) is 0 Å². The van der Waals surface area contributed by atoms with E-state index in [-0.39, 0.29) is 0 Å². The van der Waals surface area contributed by atoms with Gasteiger partial charge in [0.2, 0.25) is 0 Å². The Morgan fingerprint density at radius 2 is 1.84 bits per heavy atom. The molecule has 0 aliphatic heterocycles. The van der Waals surface area contributed by atoms with Gasteiger partial charge in [-0.15, -0.1) is 0 Å². The lowest BCUT2D eigenvalue weighted by Crippen LogP contribution is -1.94. The van der Waals surface area contributed by atoms with E-state index < -0.39 is 0 Å². The van der Waals surface area contributed by atoms with E-state index in [1.165, 1.54) is 42.4 Å². The Hall–Kier alpha value is -1.30. The van der Waals surface area contributed by atoms with Gasteiger partial charge in [-0.05, 0) is 48.3 Å². The molecule has 1 atom stereocenters. The van der Waals surface area contributed by atoms with Crippen molar-refractivity contribution in [2.45, 2.75) is 52.9 Å². The summed E-state index contributed by atoms with van der Waals surface area (Å²) in [5.41, 5.74) is 5.85. The summed E-state index contributed by atoms with van der Waals surface area (Å²) in [7, 11) is 0. The number of unbranched alkanes of at least 4 members (excludes halogenated alkanes) is 1. The number of allylic oxidation sites excluding steroid dienone is 4. The minimum atomic E-state index is 0.720. The molecule has 0 fully saturated rings. The van der Waals surface area contributed by atoms with Crippen molar-refractivity contribution >= 4 is 5.57 Å². The molecule has 1 unspecified atom stereocenters. The summed E-state index contributed by atoms with van der Waals surface area (Å²) in [6.07, 6.45) is 10.9. The first-order valence-corrected chi connectivity index (χ1v) is 7.74. The summed E-state index contributed by atoms with van der Waals surface area (Å²) in [6, 6.07) is 9.15. The summed E-state index contributed by atoms with van der Waals surface area (Å²) < 4.78 is 0. The molecule has 0 aromatic heterocycles. The topological polar surface area (TPSA) is 0 Å². The standard InChI is InChI=1S/C19H26/c1-4-6-7-16-8-10-17(11-9-16)19-13-12-18(14-19)15(3)5-2/h8-11,13-15H,4-7,12H2,1-3H3. The van der Waals surface area contributed by atoms with Crippen LogP contribution in [0.2, 0.25) is 0 Å². The third kappa shape index (κ3) is 3.59. The zero-order chi connectivity index (χ0) is 13.7. The highest BCUT2D eigenvalue weighted by atomic mass is 14.2. The smallest absolute Gasteiger partial charge is 0.0124 e. The molecule has 19 heavy (non-hydrogen) atoms. The van der Waals surface area contributed by atoms with Crippen LogP contribution >= 0.6 is 0 Å². The maximum atomic E-state index is 2.40. The molecule has 1 aliphatic carbocycles. The molecule has 0 saturated heterocycles. The van der Waals surface area contributed by atoms with Crippen LogP contribution in [0.1, 0.15) is 57.6 Å². The molecule has 0 nitrogen and oxygen atoms in total. The molecule has 0 radical (unpaired) electrons. The predicted octanol–water partition coefficient (Wildman–Crippen LogP) is 5.79. The fraction of sp³-hybridized carbons (Fsp3) is 0.474. The quantitative estimate of drug-likeness (QED) is 0.603. The predicted molar refractivity (Wildman–Crippen MR) is 85.2 cm³/mol. The maximum Gasteiger partial charge on any atom is -0.0124 e. The van der Waals surface area contributed by atoms with Crippen molar-refractivity contribution in [3.05, 3.63) is 53.1 Å². The zero-order valence-corrected chi connectivity index (χ0v) is 12.6. The van der Waals surface area contributed by atoms with E-state index in [9.17, 15) is 0 Å². The number of rotatable bonds is 6. The molecular formula is C19H26. The van der Waals surface area contributed by atoms with Gasteiger partial charge in [-0.2, -0.15) is 0 Å². The third-order valence-corrected chi connectivity index (χ3v) is 4.25. The summed E-state index contributed by atoms with van der Waals surface area (Å²) >= 11 is 0. The van der Waals surface area contributed by atoms with Crippen LogP contribution in [-0.2, 0) is 6.42 Å². The van der Waals surface area contributed by atoms with Crippen LogP contribution in [0.3, 0.4) is 0 Å². The van der Waals surface area contributed by atoms with Crippen molar-refractivity contribution in [3.8, 4) is 0 Å². The monoisotopic (exact) mass is 254 g/mol. The van der Waals surface area contributed by atoms with Gasteiger partial charge >= 0.3 is 0 Å². The molecule has 1 aromatic rings. The van der Waals surface area contributed by atoms with E-state index >= 15 is 0 Å². The zero-order valence-electron chi connectivity index (χ0n) is 12.6. The van der Waals surface area contributed by atoms with Crippen LogP contribution in [-0.4, -0.2) is 0 Å². The highest BCUT2D eigenvalue weighted by Gasteiger charge is 2.12. The van der Waals surface area contributed by atoms with E-state index in [2.05, 4.69) is 57.2 Å². The van der Waals surface area contributed by atoms with E-state index in [1.54, 1.807) is 5.57 Å². The van der Waals surface area contributed by atoms with Crippen molar-refractivity contribution < 1.29 is 0 Å². The van der Waals surface area contributed by atoms with Crippen molar-refractivity contribution in [1.29, 1.82) is 0 Å². The number of aryl methyl sites for hydroxylation is 1. The van der Waals surface area contributed by atoms with Gasteiger partial charge in [0.1, 0.15) is 0 Å². The van der Waals surface area contributed by atoms with Gasteiger partial charge in [-0.25, -0.2) is 0 Å². The molecule has 0 bridgehead atoms. The lowest BCUT2D eigenvalue weighted by molar-refractivity contribution is 0.646. The molecule has 102 valence electrons. The fourth-order valence-electron chi connectivity index (χ4n) is 2.60. The first kappa shape index (κ1) is 14.1. The molecule has 1 aromatic carbocycles. The van der Waals surface area contributed by atoms with Crippen LogP contribution in [0.15, 0.2) is 42.0 Å². The number of hydrogen-bond acceptors (Lipinski definition) is 0. The summed E-state index contributed by atoms with van der Waals surface area (Å²) in [5.74, 6) is 0.720. The van der Waals surface area contributed by atoms with Gasteiger partial charge in [-0.1, -0.05) is 69.2 Å². The second kappa shape index (κ2) is 6.75. The summed E-state index contributed by atoms with van der Waals surface area (Å²) in [4.78, 5) is 0. The van der Waals surface area contributed by atoms with Crippen LogP contribution in [0.4, 0.5) is 0 Å². The first-order valence-electron chi connectivity index (χ1n) is 7.74. The molecule has 0 spiro atoms. The minimum Gasteiger partial charge on any atom is -0.0726 e. The van der Waals surface area contributed by atoms with Crippen LogP contribution in [0.5, 0.6) is 0 Å². The first-order chi connectivity index (χ1) is 9.24. The Morgan fingerprint density at radius 1 is 1.11 bits per heavy atom. The van der Waals surface area contributed by atoms with Crippen molar-refractivity contribution in [2.75, 3.05) is 0 Å². The molecule has 2 rings (SSSR count). The van der Waals surface area contributed by atoms with Gasteiger partial charge in [0.15, 0.2) is 0 Å². The van der Waals surface area contributed by atoms with Crippen molar-refractivity contribution in [2.24, 2.45) is 5.92 Å². The summed E-state index contributed by atoms with van der Waals surface area (Å²) in [6.45, 7) is 6.85. The van der Waals surface area contributed by atoms with Gasteiger partial charge in [0, 0.05) is 0 Å². The van der Waals surface area contributed by atoms with E-state index in [4.69, 9.17) is 0 Å². The number of hydrogen-bond donors (Lipinski definition) is 0. The molecule has 0 heteroatoms. The van der Waals surface area contributed by atoms with E-state index in [0.29, 0.717) is 0 Å². The Morgan fingerprint density at radius 3 is 2.47 bits per heavy atom. The van der Waals surface area contributed by atoms with Crippen LogP contribution in [0.25, 0.3) is 5.57 Å². The fourth-order valence-corrected chi connectivity index (χ4v) is 2.60. The number of benzene rings is 1. The summed E-state index contributed by atoms with van der Waals surface area (Å²) in [5, 5.41) is 0. The van der Waals surface area contributed by atoms with Gasteiger partial charge in [0.05, 0.1) is 0 Å². The van der Waals surface area contributed by atoms with Crippen LogP contribution < -0.4 is 0 Å². The Bertz CT molecular complexity index is 459. The highest BCUT2D eigenvalue weighted by molar-refractivity contribution is 5.77. The minimum absolute atomic E-state index is 0.720. The van der Waals surface area contributed by atoms with Crippen LogP contribution in [0, 0.1) is 5.92 Å². The molecule has 0 saturated carbocycles. The third-order valence-electron chi connectivity index (χ3n) is 4.25. The largest absolute Gasteiger partial charge is 0.0726 e. The van der Waals surface area contributed by atoms with Gasteiger partial charge in [0.25, 0.3) is 0 Å². The Kier molecular flexibility index (Phi) is 5.01. The van der Waals surface area contributed by atoms with Crippen molar-refractivity contribution in [3.63, 3.8) is 0 Å². The lowest BCUT2D eigenvalue weighted by atomic mass is 9.97. The average Bonchev–Trinajstić information content (AvgIpc) is 2.94. The lowest BCUT2D eigenvalue weighted by Gasteiger charge is -2.08. The normalized spacial score (nSPS) is 16.2. The molecule has 0 heterocycles. The average molecular weight is 254 g/mol. The second-order valence-electron chi connectivity index (χ2n) is 5.69. The van der Waals surface area contributed by atoms with E-state index in [0.717, 1.165) is 12.3 Å². The SMILES string of the molecule is CCCCc1ccc(C2=CCC(C(C)CC)=C2)cc1. The Labute approximate surface area is 118 Å². The highest BCUT2D eigenvalue weighted by Crippen LogP contribution is 2.31. The molecule has 1 aliphatic rings.